The molecule has 1 aromatic heterocycles. The third-order valence-corrected chi connectivity index (χ3v) is 6.20. The second-order valence-corrected chi connectivity index (χ2v) is 8.01. The number of anilines is 1. The molecule has 1 N–H and O–H groups in total. The van der Waals surface area contributed by atoms with E-state index in [4.69, 9.17) is 9.47 Å². The average molecular weight is 356 g/mol. The highest BCUT2D eigenvalue weighted by atomic mass is 32.1. The van der Waals surface area contributed by atoms with Gasteiger partial charge in [-0.25, -0.2) is 0 Å². The Bertz CT molecular complexity index is 767. The van der Waals surface area contributed by atoms with E-state index in [1.807, 2.05) is 18.3 Å². The zero-order chi connectivity index (χ0) is 17.2. The lowest BCUT2D eigenvalue weighted by Crippen LogP contribution is -2.29. The van der Waals surface area contributed by atoms with Crippen LogP contribution in [0.4, 0.5) is 5.69 Å². The molecule has 0 spiro atoms. The zero-order valence-electron chi connectivity index (χ0n) is 14.8. The van der Waals surface area contributed by atoms with Gasteiger partial charge in [0.2, 0.25) is 0 Å². The van der Waals surface area contributed by atoms with Gasteiger partial charge < -0.3 is 14.8 Å². The number of nitrogens with one attached hydrogen (secondary N) is 1. The monoisotopic (exact) mass is 355 g/mol. The van der Waals surface area contributed by atoms with Crippen LogP contribution in [0.25, 0.3) is 0 Å². The van der Waals surface area contributed by atoms with Crippen LogP contribution in [0.15, 0.2) is 42.5 Å². The first kappa shape index (κ1) is 16.7. The van der Waals surface area contributed by atoms with Crippen molar-refractivity contribution in [3.8, 4) is 5.75 Å². The van der Waals surface area contributed by atoms with Gasteiger partial charge >= 0.3 is 0 Å². The number of hydrogen-bond donors (Lipinski definition) is 1. The molecule has 132 valence electrons. The molecule has 2 heterocycles. The van der Waals surface area contributed by atoms with E-state index in [0.717, 1.165) is 24.5 Å². The third-order valence-electron chi connectivity index (χ3n) is 5.12. The van der Waals surface area contributed by atoms with E-state index in [-0.39, 0.29) is 0 Å². The summed E-state index contributed by atoms with van der Waals surface area (Å²) in [6, 6.07) is 11.3. The molecule has 25 heavy (non-hydrogen) atoms. The van der Waals surface area contributed by atoms with E-state index in [0.29, 0.717) is 31.1 Å². The first-order valence-corrected chi connectivity index (χ1v) is 9.92. The molecule has 0 radical (unpaired) electrons. The van der Waals surface area contributed by atoms with Gasteiger partial charge in [-0.2, -0.15) is 0 Å². The van der Waals surface area contributed by atoms with Crippen LogP contribution in [0.1, 0.15) is 40.6 Å². The Kier molecular flexibility index (Phi) is 4.82. The number of aryl methyl sites for hydroxylation is 1. The van der Waals surface area contributed by atoms with E-state index in [2.05, 4.69) is 54.7 Å². The van der Waals surface area contributed by atoms with Crippen LogP contribution < -0.4 is 10.1 Å². The van der Waals surface area contributed by atoms with Gasteiger partial charge in [0.25, 0.3) is 0 Å². The molecule has 4 heteroatoms. The van der Waals surface area contributed by atoms with Crippen molar-refractivity contribution in [1.29, 1.82) is 0 Å². The van der Waals surface area contributed by atoms with Crippen LogP contribution in [0.2, 0.25) is 0 Å². The van der Waals surface area contributed by atoms with Gasteiger partial charge in [-0.1, -0.05) is 24.3 Å². The molecule has 0 bridgehead atoms. The molecule has 1 aliphatic carbocycles. The summed E-state index contributed by atoms with van der Waals surface area (Å²) >= 11 is 1.90. The van der Waals surface area contributed by atoms with Crippen molar-refractivity contribution in [2.75, 3.05) is 25.1 Å². The molecule has 3 nitrogen and oxygen atoms in total. The molecule has 1 aromatic carbocycles. The molecule has 3 unspecified atom stereocenters. The van der Waals surface area contributed by atoms with Crippen molar-refractivity contribution < 1.29 is 9.47 Å². The zero-order valence-corrected chi connectivity index (χ0v) is 15.6. The van der Waals surface area contributed by atoms with Crippen LogP contribution >= 0.6 is 11.3 Å². The van der Waals surface area contributed by atoms with E-state index >= 15 is 0 Å². The Labute approximate surface area is 153 Å². The number of rotatable bonds is 6. The molecule has 0 saturated carbocycles. The smallest absolute Gasteiger partial charge is 0.142 e. The first-order chi connectivity index (χ1) is 12.3. The van der Waals surface area contributed by atoms with Crippen LogP contribution in [0, 0.1) is 12.8 Å². The summed E-state index contributed by atoms with van der Waals surface area (Å²) in [6.45, 7) is 6.12. The molecule has 0 saturated heterocycles. The standard InChI is InChI=1S/C21H25NO2S/c1-3-23-12-13-24-18-9-5-8-16-15-6-4-7-17(15)21(22-20(16)18)19-11-10-14(2)25-19/h4-6,8-11,15,17,21-22H,3,7,12-13H2,1-2H3. The van der Waals surface area contributed by atoms with Crippen LogP contribution in [-0.4, -0.2) is 19.8 Å². The fourth-order valence-corrected chi connectivity index (χ4v) is 4.97. The topological polar surface area (TPSA) is 30.5 Å². The molecule has 2 aliphatic rings. The quantitative estimate of drug-likeness (QED) is 0.563. The molecule has 1 aliphatic heterocycles. The van der Waals surface area contributed by atoms with Gasteiger partial charge in [0.05, 0.1) is 18.3 Å². The number of hydrogen-bond acceptors (Lipinski definition) is 4. The number of fused-ring (bicyclic) bond motifs is 3. The lowest BCUT2D eigenvalue weighted by atomic mass is 9.78. The lowest BCUT2D eigenvalue weighted by Gasteiger charge is -2.37. The predicted octanol–water partition coefficient (Wildman–Crippen LogP) is 5.30. The SMILES string of the molecule is CCOCCOc1cccc2c1NC(c1ccc(C)s1)C1CC=CC21. The number of ether oxygens (including phenoxy) is 2. The Morgan fingerprint density at radius 1 is 1.20 bits per heavy atom. The predicted molar refractivity (Wildman–Crippen MR) is 104 cm³/mol. The van der Waals surface area contributed by atoms with E-state index in [1.165, 1.54) is 15.3 Å². The Balaban J connectivity index is 1.64. The summed E-state index contributed by atoms with van der Waals surface area (Å²) in [4.78, 5) is 2.79. The summed E-state index contributed by atoms with van der Waals surface area (Å²) in [5, 5.41) is 3.81. The first-order valence-electron chi connectivity index (χ1n) is 9.11. The number of para-hydroxylation sites is 1. The third kappa shape index (κ3) is 3.21. The normalized spacial score (nSPS) is 23.8. The molecular formula is C21H25NO2S. The Hall–Kier alpha value is -1.78. The summed E-state index contributed by atoms with van der Waals surface area (Å²) in [5.74, 6) is 2.00. The molecule has 0 amide bonds. The molecule has 0 fully saturated rings. The lowest BCUT2D eigenvalue weighted by molar-refractivity contribution is 0.110. The van der Waals surface area contributed by atoms with Crippen molar-refractivity contribution in [2.24, 2.45) is 5.92 Å². The number of thiophene rings is 1. The molecule has 2 aromatic rings. The highest BCUT2D eigenvalue weighted by molar-refractivity contribution is 7.12. The second kappa shape index (κ2) is 7.22. The minimum atomic E-state index is 0.350. The van der Waals surface area contributed by atoms with Gasteiger partial charge in [0, 0.05) is 22.3 Å². The molecular weight excluding hydrogens is 330 g/mol. The largest absolute Gasteiger partial charge is 0.489 e. The van der Waals surface area contributed by atoms with Gasteiger partial charge in [0.1, 0.15) is 12.4 Å². The summed E-state index contributed by atoms with van der Waals surface area (Å²) in [6.07, 6.45) is 5.85. The summed E-state index contributed by atoms with van der Waals surface area (Å²) in [5.41, 5.74) is 2.51. The fourth-order valence-electron chi connectivity index (χ4n) is 3.97. The molecule has 4 rings (SSSR count). The highest BCUT2D eigenvalue weighted by Crippen LogP contribution is 2.52. The fraction of sp³-hybridized carbons (Fsp3) is 0.429. The van der Waals surface area contributed by atoms with Crippen LogP contribution in [-0.2, 0) is 4.74 Å². The second-order valence-electron chi connectivity index (χ2n) is 6.69. The van der Waals surface area contributed by atoms with Crippen molar-refractivity contribution >= 4 is 17.0 Å². The van der Waals surface area contributed by atoms with Crippen molar-refractivity contribution in [2.45, 2.75) is 32.2 Å². The van der Waals surface area contributed by atoms with Gasteiger partial charge in [0.15, 0.2) is 0 Å². The van der Waals surface area contributed by atoms with Crippen molar-refractivity contribution in [1.82, 2.24) is 0 Å². The van der Waals surface area contributed by atoms with E-state index < -0.39 is 0 Å². The summed E-state index contributed by atoms with van der Waals surface area (Å²) < 4.78 is 11.4. The minimum Gasteiger partial charge on any atom is -0.489 e. The van der Waals surface area contributed by atoms with Crippen LogP contribution in [0.3, 0.4) is 0 Å². The number of benzene rings is 1. The van der Waals surface area contributed by atoms with Gasteiger partial charge in [-0.3, -0.25) is 0 Å². The van der Waals surface area contributed by atoms with Gasteiger partial charge in [-0.15, -0.1) is 11.3 Å². The van der Waals surface area contributed by atoms with Crippen molar-refractivity contribution in [3.63, 3.8) is 0 Å². The molecule has 3 atom stereocenters. The minimum absolute atomic E-state index is 0.350. The maximum absolute atomic E-state index is 6.04. The van der Waals surface area contributed by atoms with Gasteiger partial charge in [-0.05, 0) is 49.9 Å². The highest BCUT2D eigenvalue weighted by Gasteiger charge is 2.39. The Morgan fingerprint density at radius 3 is 2.92 bits per heavy atom. The summed E-state index contributed by atoms with van der Waals surface area (Å²) in [7, 11) is 0. The maximum Gasteiger partial charge on any atom is 0.142 e. The van der Waals surface area contributed by atoms with E-state index in [1.54, 1.807) is 0 Å². The van der Waals surface area contributed by atoms with Crippen LogP contribution in [0.5, 0.6) is 5.75 Å². The maximum atomic E-state index is 6.04. The Morgan fingerprint density at radius 2 is 2.12 bits per heavy atom. The number of allylic oxidation sites excluding steroid dienone is 2. The van der Waals surface area contributed by atoms with E-state index in [9.17, 15) is 0 Å². The van der Waals surface area contributed by atoms with Crippen molar-refractivity contribution in [3.05, 3.63) is 57.8 Å². The average Bonchev–Trinajstić information content (AvgIpc) is 3.27.